The zero-order valence-corrected chi connectivity index (χ0v) is 14.0. The lowest BCUT2D eigenvalue weighted by Gasteiger charge is -2.43. The van der Waals surface area contributed by atoms with Crippen LogP contribution in [0, 0.1) is 29.6 Å². The molecule has 4 unspecified atom stereocenters. The third-order valence-corrected chi connectivity index (χ3v) is 5.62. The van der Waals surface area contributed by atoms with Crippen molar-refractivity contribution in [3.05, 3.63) is 0 Å². The molecule has 0 spiro atoms. The van der Waals surface area contributed by atoms with Crippen LogP contribution in [-0.2, 0) is 4.74 Å². The summed E-state index contributed by atoms with van der Waals surface area (Å²) in [6.07, 6.45) is 6.97. The second-order valence-electron chi connectivity index (χ2n) is 7.78. The van der Waals surface area contributed by atoms with Crippen molar-refractivity contribution in [3.63, 3.8) is 0 Å². The quantitative estimate of drug-likeness (QED) is 0.819. The first-order valence-corrected chi connectivity index (χ1v) is 8.89. The van der Waals surface area contributed by atoms with E-state index in [-0.39, 0.29) is 0 Å². The van der Waals surface area contributed by atoms with Gasteiger partial charge in [0, 0.05) is 19.3 Å². The van der Waals surface area contributed by atoms with Gasteiger partial charge in [-0.2, -0.15) is 0 Å². The molecule has 2 aliphatic rings. The molecule has 2 heteroatoms. The maximum Gasteiger partial charge on any atom is 0.0497 e. The Morgan fingerprint density at radius 3 is 2.50 bits per heavy atom. The van der Waals surface area contributed by atoms with Gasteiger partial charge in [-0.15, -0.1) is 0 Å². The zero-order valence-electron chi connectivity index (χ0n) is 14.0. The molecule has 0 amide bonds. The highest BCUT2D eigenvalue weighted by atomic mass is 16.5. The molecule has 2 rings (SSSR count). The van der Waals surface area contributed by atoms with Crippen molar-refractivity contribution in [2.45, 2.75) is 65.8 Å². The van der Waals surface area contributed by atoms with E-state index in [9.17, 15) is 0 Å². The first-order chi connectivity index (χ1) is 9.58. The molecule has 1 saturated heterocycles. The van der Waals surface area contributed by atoms with Crippen LogP contribution in [0.15, 0.2) is 0 Å². The van der Waals surface area contributed by atoms with Crippen molar-refractivity contribution >= 4 is 0 Å². The fourth-order valence-electron chi connectivity index (χ4n) is 4.23. The Labute approximate surface area is 126 Å². The Bertz CT molecular complexity index is 271. The lowest BCUT2D eigenvalue weighted by Crippen LogP contribution is -2.41. The number of nitrogens with one attached hydrogen (secondary N) is 1. The zero-order chi connectivity index (χ0) is 14.5. The first kappa shape index (κ1) is 16.3. The predicted molar refractivity (Wildman–Crippen MR) is 85.8 cm³/mol. The molecule has 0 aromatic rings. The summed E-state index contributed by atoms with van der Waals surface area (Å²) in [6.45, 7) is 12.6. The van der Waals surface area contributed by atoms with Crippen LogP contribution >= 0.6 is 0 Å². The molecule has 0 bridgehead atoms. The van der Waals surface area contributed by atoms with Gasteiger partial charge in [-0.1, -0.05) is 27.7 Å². The minimum Gasteiger partial charge on any atom is -0.381 e. The van der Waals surface area contributed by atoms with Gasteiger partial charge in [0.25, 0.3) is 0 Å². The number of hydrogen-bond acceptors (Lipinski definition) is 2. The summed E-state index contributed by atoms with van der Waals surface area (Å²) < 4.78 is 5.78. The van der Waals surface area contributed by atoms with E-state index in [2.05, 4.69) is 33.0 Å². The third-order valence-electron chi connectivity index (χ3n) is 5.62. The molecule has 4 atom stereocenters. The lowest BCUT2D eigenvalue weighted by atomic mass is 9.65. The van der Waals surface area contributed by atoms with Gasteiger partial charge < -0.3 is 10.1 Å². The van der Waals surface area contributed by atoms with Gasteiger partial charge in [-0.3, -0.25) is 0 Å². The molecule has 2 fully saturated rings. The minimum absolute atomic E-state index is 0.612. The Kier molecular flexibility index (Phi) is 6.35. The highest BCUT2D eigenvalue weighted by molar-refractivity contribution is 4.87. The van der Waals surface area contributed by atoms with Crippen LogP contribution in [0.2, 0.25) is 0 Å². The van der Waals surface area contributed by atoms with Gasteiger partial charge in [0.1, 0.15) is 0 Å². The smallest absolute Gasteiger partial charge is 0.0497 e. The maximum atomic E-state index is 5.78. The maximum absolute atomic E-state index is 5.78. The molecule has 2 nitrogen and oxygen atoms in total. The Balaban J connectivity index is 1.97. The number of hydrogen-bond donors (Lipinski definition) is 1. The van der Waals surface area contributed by atoms with Gasteiger partial charge in [-0.05, 0) is 68.2 Å². The van der Waals surface area contributed by atoms with E-state index in [1.807, 2.05) is 0 Å². The molecule has 0 aromatic heterocycles. The summed E-state index contributed by atoms with van der Waals surface area (Å²) in [6, 6.07) is 0.612. The van der Waals surface area contributed by atoms with Crippen LogP contribution < -0.4 is 5.32 Å². The van der Waals surface area contributed by atoms with Crippen molar-refractivity contribution in [1.29, 1.82) is 0 Å². The molecular formula is C18H35NO. The van der Waals surface area contributed by atoms with Crippen LogP contribution in [0.1, 0.15) is 59.8 Å². The van der Waals surface area contributed by atoms with Crippen molar-refractivity contribution in [1.82, 2.24) is 5.32 Å². The molecule has 0 radical (unpaired) electrons. The first-order valence-electron chi connectivity index (χ1n) is 8.89. The Morgan fingerprint density at radius 2 is 1.90 bits per heavy atom. The lowest BCUT2D eigenvalue weighted by molar-refractivity contribution is -0.00735. The van der Waals surface area contributed by atoms with Crippen LogP contribution in [0.5, 0.6) is 0 Å². The van der Waals surface area contributed by atoms with E-state index in [4.69, 9.17) is 4.74 Å². The molecule has 0 aromatic carbocycles. The normalized spacial score (nSPS) is 35.7. The molecular weight excluding hydrogens is 246 g/mol. The van der Waals surface area contributed by atoms with E-state index >= 15 is 0 Å². The highest BCUT2D eigenvalue weighted by Gasteiger charge is 2.37. The molecule has 20 heavy (non-hydrogen) atoms. The van der Waals surface area contributed by atoms with Crippen LogP contribution in [-0.4, -0.2) is 25.8 Å². The van der Waals surface area contributed by atoms with Gasteiger partial charge in [0.05, 0.1) is 0 Å². The standard InChI is InChI=1S/C18H35NO/c1-13(2)15-7-8-16(11-19-14(3)4)18(10-15)17-6-5-9-20-12-17/h13-19H,5-12H2,1-4H3. The van der Waals surface area contributed by atoms with E-state index in [0.717, 1.165) is 42.8 Å². The van der Waals surface area contributed by atoms with Gasteiger partial charge >= 0.3 is 0 Å². The average Bonchev–Trinajstić information content (AvgIpc) is 2.45. The van der Waals surface area contributed by atoms with Crippen LogP contribution in [0.4, 0.5) is 0 Å². The fourth-order valence-corrected chi connectivity index (χ4v) is 4.23. The SMILES string of the molecule is CC(C)NCC1CCC(C(C)C)CC1C1CCCOC1. The summed E-state index contributed by atoms with van der Waals surface area (Å²) in [7, 11) is 0. The van der Waals surface area contributed by atoms with E-state index in [1.165, 1.54) is 38.6 Å². The molecule has 1 N–H and O–H groups in total. The Morgan fingerprint density at radius 1 is 1.10 bits per heavy atom. The second kappa shape index (κ2) is 7.79. The van der Waals surface area contributed by atoms with Crippen molar-refractivity contribution < 1.29 is 4.74 Å². The minimum atomic E-state index is 0.612. The van der Waals surface area contributed by atoms with Crippen LogP contribution in [0.3, 0.4) is 0 Å². The molecule has 1 aliphatic heterocycles. The molecule has 1 aliphatic carbocycles. The summed E-state index contributed by atoms with van der Waals surface area (Å²) in [5.41, 5.74) is 0. The molecule has 1 saturated carbocycles. The number of ether oxygens (including phenoxy) is 1. The monoisotopic (exact) mass is 281 g/mol. The largest absolute Gasteiger partial charge is 0.381 e. The van der Waals surface area contributed by atoms with E-state index < -0.39 is 0 Å². The summed E-state index contributed by atoms with van der Waals surface area (Å²) >= 11 is 0. The molecule has 1 heterocycles. The average molecular weight is 281 g/mol. The van der Waals surface area contributed by atoms with Gasteiger partial charge in [0.2, 0.25) is 0 Å². The van der Waals surface area contributed by atoms with Gasteiger partial charge in [-0.25, -0.2) is 0 Å². The van der Waals surface area contributed by atoms with Crippen molar-refractivity contribution in [2.75, 3.05) is 19.8 Å². The summed E-state index contributed by atoms with van der Waals surface area (Å²) in [5, 5.41) is 3.69. The van der Waals surface area contributed by atoms with E-state index in [1.54, 1.807) is 0 Å². The topological polar surface area (TPSA) is 21.3 Å². The predicted octanol–water partition coefficient (Wildman–Crippen LogP) is 4.10. The third kappa shape index (κ3) is 4.46. The Hall–Kier alpha value is -0.0800. The van der Waals surface area contributed by atoms with Gasteiger partial charge in [0.15, 0.2) is 0 Å². The number of rotatable bonds is 5. The highest BCUT2D eigenvalue weighted by Crippen LogP contribution is 2.43. The van der Waals surface area contributed by atoms with Crippen LogP contribution in [0.25, 0.3) is 0 Å². The fraction of sp³-hybridized carbons (Fsp3) is 1.00. The van der Waals surface area contributed by atoms with E-state index in [0.29, 0.717) is 6.04 Å². The summed E-state index contributed by atoms with van der Waals surface area (Å²) in [4.78, 5) is 0. The second-order valence-corrected chi connectivity index (χ2v) is 7.78. The van der Waals surface area contributed by atoms with Crippen molar-refractivity contribution in [3.8, 4) is 0 Å². The van der Waals surface area contributed by atoms with Crippen molar-refractivity contribution in [2.24, 2.45) is 29.6 Å². The molecule has 118 valence electrons. The summed E-state index contributed by atoms with van der Waals surface area (Å²) in [5.74, 6) is 4.38.